The van der Waals surface area contributed by atoms with Gasteiger partial charge in [0.25, 0.3) is 0 Å². The van der Waals surface area contributed by atoms with Crippen molar-refractivity contribution in [1.29, 1.82) is 0 Å². The fraction of sp³-hybridized carbons (Fsp3) is 0.889. The second-order valence-corrected chi connectivity index (χ2v) is 7.31. The van der Waals surface area contributed by atoms with Gasteiger partial charge in [0.1, 0.15) is 0 Å². The van der Waals surface area contributed by atoms with Crippen LogP contribution in [0.1, 0.15) is 68.2 Å². The fourth-order valence-corrected chi connectivity index (χ4v) is 3.71. The molecule has 0 bridgehead atoms. The first-order valence-electron chi connectivity index (χ1n) is 7.92. The summed E-state index contributed by atoms with van der Waals surface area (Å²) in [5.74, 6) is 8.80. The van der Waals surface area contributed by atoms with Gasteiger partial charge in [0.05, 0.1) is 0 Å². The summed E-state index contributed by atoms with van der Waals surface area (Å²) in [6.07, 6.45) is 2.82. The number of hydrogen-bond donors (Lipinski definition) is 0. The molecule has 1 heteroatoms. The summed E-state index contributed by atoms with van der Waals surface area (Å²) in [7, 11) is 0. The predicted molar refractivity (Wildman–Crippen MR) is 82.1 cm³/mol. The SMILES string of the molecule is CC1CC(C)C(C)C1C.C[C]1[C](C)C(C)CC1C.[Ni]. The van der Waals surface area contributed by atoms with Crippen LogP contribution in [0.3, 0.4) is 0 Å². The largest absolute Gasteiger partial charge is 0.0622 e. The van der Waals surface area contributed by atoms with Crippen LogP contribution in [0, 0.1) is 47.3 Å². The molecule has 6 unspecified atom stereocenters. The van der Waals surface area contributed by atoms with Crippen molar-refractivity contribution in [1.82, 2.24) is 0 Å². The molecule has 0 saturated heterocycles. The quantitative estimate of drug-likeness (QED) is 0.497. The second-order valence-electron chi connectivity index (χ2n) is 7.31. The average Bonchev–Trinajstić information content (AvgIpc) is 2.66. The van der Waals surface area contributed by atoms with Crippen molar-refractivity contribution >= 4 is 0 Å². The second kappa shape index (κ2) is 8.06. The molecule has 0 aromatic heterocycles. The van der Waals surface area contributed by atoms with Crippen LogP contribution in [0.4, 0.5) is 0 Å². The van der Waals surface area contributed by atoms with E-state index in [2.05, 4.69) is 55.4 Å². The van der Waals surface area contributed by atoms with E-state index in [0.29, 0.717) is 0 Å². The Labute approximate surface area is 132 Å². The zero-order chi connectivity index (χ0) is 14.0. The first-order valence-corrected chi connectivity index (χ1v) is 7.92. The molecule has 0 aromatic rings. The Hall–Kier alpha value is 0.494. The van der Waals surface area contributed by atoms with Crippen LogP contribution >= 0.6 is 0 Å². The van der Waals surface area contributed by atoms with Crippen molar-refractivity contribution < 1.29 is 16.5 Å². The zero-order valence-electron chi connectivity index (χ0n) is 14.2. The Kier molecular flexibility index (Phi) is 8.27. The first kappa shape index (κ1) is 19.5. The van der Waals surface area contributed by atoms with Gasteiger partial charge in [-0.1, -0.05) is 55.4 Å². The third-order valence-corrected chi connectivity index (χ3v) is 6.18. The Morgan fingerprint density at radius 2 is 0.947 bits per heavy atom. The molecule has 0 N–H and O–H groups in total. The number of rotatable bonds is 0. The summed E-state index contributed by atoms with van der Waals surface area (Å²) in [4.78, 5) is 0. The molecule has 0 aliphatic heterocycles. The minimum atomic E-state index is 0. The van der Waals surface area contributed by atoms with E-state index in [0.717, 1.165) is 35.5 Å². The molecule has 0 heterocycles. The van der Waals surface area contributed by atoms with Crippen molar-refractivity contribution in [3.63, 3.8) is 0 Å². The molecule has 2 saturated carbocycles. The average molecular weight is 309 g/mol. The van der Waals surface area contributed by atoms with Crippen molar-refractivity contribution in [2.75, 3.05) is 0 Å². The number of hydrogen-bond acceptors (Lipinski definition) is 0. The van der Waals surface area contributed by atoms with E-state index >= 15 is 0 Å². The molecule has 2 rings (SSSR count). The smallest absolute Gasteiger partial charge is 0 e. The molecular formula is C18H34Ni. The topological polar surface area (TPSA) is 0 Å². The van der Waals surface area contributed by atoms with Gasteiger partial charge in [0, 0.05) is 16.5 Å². The van der Waals surface area contributed by atoms with Gasteiger partial charge in [0.15, 0.2) is 0 Å². The summed E-state index contributed by atoms with van der Waals surface area (Å²) in [6.45, 7) is 18.7. The summed E-state index contributed by atoms with van der Waals surface area (Å²) in [6, 6.07) is 0. The minimum Gasteiger partial charge on any atom is -0.0622 e. The monoisotopic (exact) mass is 308 g/mol. The Bertz CT molecular complexity index is 200. The standard InChI is InChI=1S/C9H18.C9H16.Ni/c2*1-6-5-7(2)9(4)8(6)3;/h6-9H,5H2,1-4H3;6-7H,5H2,1-4H3;. The molecule has 0 nitrogen and oxygen atoms in total. The summed E-state index contributed by atoms with van der Waals surface area (Å²) in [5, 5.41) is 0. The van der Waals surface area contributed by atoms with Crippen LogP contribution < -0.4 is 0 Å². The maximum absolute atomic E-state index is 2.39. The molecule has 2 fully saturated rings. The van der Waals surface area contributed by atoms with Crippen LogP contribution in [0.5, 0.6) is 0 Å². The van der Waals surface area contributed by atoms with Gasteiger partial charge in [-0.05, 0) is 60.2 Å². The molecule has 116 valence electrons. The fourth-order valence-electron chi connectivity index (χ4n) is 3.71. The van der Waals surface area contributed by atoms with E-state index in [9.17, 15) is 0 Å². The summed E-state index contributed by atoms with van der Waals surface area (Å²) >= 11 is 0. The molecule has 0 amide bonds. The van der Waals surface area contributed by atoms with Gasteiger partial charge < -0.3 is 0 Å². The predicted octanol–water partition coefficient (Wildman–Crippen LogP) is 5.78. The van der Waals surface area contributed by atoms with Crippen molar-refractivity contribution in [3.05, 3.63) is 11.8 Å². The van der Waals surface area contributed by atoms with E-state index in [1.807, 2.05) is 0 Å². The van der Waals surface area contributed by atoms with Gasteiger partial charge >= 0.3 is 0 Å². The molecule has 2 radical (unpaired) electrons. The normalized spacial score (nSPS) is 43.6. The van der Waals surface area contributed by atoms with E-state index < -0.39 is 0 Å². The van der Waals surface area contributed by atoms with Crippen molar-refractivity contribution in [3.8, 4) is 0 Å². The molecular weight excluding hydrogens is 275 g/mol. The molecule has 0 spiro atoms. The molecule has 6 atom stereocenters. The Morgan fingerprint density at radius 3 is 1.05 bits per heavy atom. The maximum atomic E-state index is 2.39. The van der Waals surface area contributed by atoms with Crippen LogP contribution in [-0.4, -0.2) is 0 Å². The molecule has 0 aromatic carbocycles. The summed E-state index contributed by atoms with van der Waals surface area (Å²) < 4.78 is 0. The van der Waals surface area contributed by atoms with Crippen LogP contribution in [-0.2, 0) is 16.5 Å². The maximum Gasteiger partial charge on any atom is 0 e. The molecule has 2 aliphatic rings. The van der Waals surface area contributed by atoms with E-state index in [1.165, 1.54) is 12.8 Å². The van der Waals surface area contributed by atoms with Crippen LogP contribution in [0.2, 0.25) is 0 Å². The zero-order valence-corrected chi connectivity index (χ0v) is 15.2. The minimum absolute atomic E-state index is 0. The third kappa shape index (κ3) is 4.76. The van der Waals surface area contributed by atoms with Crippen LogP contribution in [0.25, 0.3) is 0 Å². The van der Waals surface area contributed by atoms with E-state index in [1.54, 1.807) is 11.8 Å². The van der Waals surface area contributed by atoms with Gasteiger partial charge in [-0.3, -0.25) is 0 Å². The van der Waals surface area contributed by atoms with Crippen molar-refractivity contribution in [2.24, 2.45) is 35.5 Å². The molecule has 2 aliphatic carbocycles. The Morgan fingerprint density at radius 1 is 0.632 bits per heavy atom. The summed E-state index contributed by atoms with van der Waals surface area (Å²) in [5.41, 5.74) is 0. The van der Waals surface area contributed by atoms with Gasteiger partial charge in [-0.15, -0.1) is 0 Å². The van der Waals surface area contributed by atoms with Gasteiger partial charge in [0.2, 0.25) is 0 Å². The first-order chi connectivity index (χ1) is 8.25. The third-order valence-electron chi connectivity index (χ3n) is 6.18. The van der Waals surface area contributed by atoms with E-state index in [-0.39, 0.29) is 16.5 Å². The van der Waals surface area contributed by atoms with E-state index in [4.69, 9.17) is 0 Å². The van der Waals surface area contributed by atoms with Gasteiger partial charge in [-0.2, -0.15) is 0 Å². The van der Waals surface area contributed by atoms with Crippen molar-refractivity contribution in [2.45, 2.75) is 68.2 Å². The Balaban J connectivity index is 0.000000324. The van der Waals surface area contributed by atoms with Crippen LogP contribution in [0.15, 0.2) is 0 Å². The van der Waals surface area contributed by atoms with Gasteiger partial charge in [-0.25, -0.2) is 0 Å². The molecule has 19 heavy (non-hydrogen) atoms.